The van der Waals surface area contributed by atoms with E-state index in [0.717, 1.165) is 25.7 Å². The normalized spacial score (nSPS) is 20.4. The van der Waals surface area contributed by atoms with E-state index in [1.165, 1.54) is 7.11 Å². The number of carbonyl (C=O) groups is 1. The smallest absolute Gasteiger partial charge is 0.258 e. The molecular weight excluding hydrogens is 308 g/mol. The number of hydrogen-bond donors (Lipinski definition) is 1. The average Bonchev–Trinajstić information content (AvgIpc) is 2.99. The Hall–Kier alpha value is -2.57. The van der Waals surface area contributed by atoms with Crippen molar-refractivity contribution in [2.75, 3.05) is 7.11 Å². The van der Waals surface area contributed by atoms with E-state index in [2.05, 4.69) is 15.4 Å². The lowest BCUT2D eigenvalue weighted by Gasteiger charge is -2.29. The minimum absolute atomic E-state index is 0.144. The molecule has 0 spiro atoms. The summed E-state index contributed by atoms with van der Waals surface area (Å²) in [4.78, 5) is 16.6. The van der Waals surface area contributed by atoms with Crippen molar-refractivity contribution in [2.45, 2.75) is 37.8 Å². The van der Waals surface area contributed by atoms with Crippen LogP contribution in [0.15, 0.2) is 30.6 Å². The number of rotatable bonds is 5. The van der Waals surface area contributed by atoms with Crippen LogP contribution in [0.1, 0.15) is 36.0 Å². The van der Waals surface area contributed by atoms with Gasteiger partial charge in [-0.15, -0.1) is 5.10 Å². The Bertz CT molecular complexity index is 678. The number of aromatic nitrogens is 3. The van der Waals surface area contributed by atoms with Gasteiger partial charge in [-0.05, 0) is 31.7 Å². The molecule has 0 bridgehead atoms. The van der Waals surface area contributed by atoms with Gasteiger partial charge in [0.2, 0.25) is 11.8 Å². The maximum Gasteiger partial charge on any atom is 0.258 e. The van der Waals surface area contributed by atoms with Gasteiger partial charge in [-0.1, -0.05) is 6.07 Å². The van der Waals surface area contributed by atoms with Crippen LogP contribution in [0.4, 0.5) is 0 Å². The van der Waals surface area contributed by atoms with E-state index in [9.17, 15) is 4.79 Å². The van der Waals surface area contributed by atoms with Crippen molar-refractivity contribution in [3.63, 3.8) is 0 Å². The van der Waals surface area contributed by atoms with Crippen LogP contribution in [0.25, 0.3) is 0 Å². The Morgan fingerprint density at radius 3 is 2.75 bits per heavy atom. The largest absolute Gasteiger partial charge is 0.479 e. The molecular formula is C17H22N4O3. The van der Waals surface area contributed by atoms with E-state index < -0.39 is 0 Å². The van der Waals surface area contributed by atoms with Gasteiger partial charge in [-0.25, -0.2) is 4.98 Å². The van der Waals surface area contributed by atoms with Crippen LogP contribution in [0, 0.1) is 0 Å². The Morgan fingerprint density at radius 2 is 2.08 bits per heavy atom. The predicted octanol–water partition coefficient (Wildman–Crippen LogP) is 1.94. The van der Waals surface area contributed by atoms with Gasteiger partial charge >= 0.3 is 0 Å². The highest BCUT2D eigenvalue weighted by Gasteiger charge is 2.25. The maximum absolute atomic E-state index is 12.4. The molecule has 2 aromatic heterocycles. The Labute approximate surface area is 141 Å². The lowest BCUT2D eigenvalue weighted by Crippen LogP contribution is -2.39. The van der Waals surface area contributed by atoms with Crippen LogP contribution in [0.5, 0.6) is 11.8 Å². The Kier molecular flexibility index (Phi) is 4.98. The number of hydrogen-bond acceptors (Lipinski definition) is 5. The molecule has 1 fully saturated rings. The fourth-order valence-electron chi connectivity index (χ4n) is 2.95. The summed E-state index contributed by atoms with van der Waals surface area (Å²) in [5, 5.41) is 7.17. The molecule has 0 aliphatic heterocycles. The fourth-order valence-corrected chi connectivity index (χ4v) is 2.95. The molecule has 2 heterocycles. The summed E-state index contributed by atoms with van der Waals surface area (Å²) in [5.41, 5.74) is 0.465. The van der Waals surface area contributed by atoms with Gasteiger partial charge < -0.3 is 14.8 Å². The van der Waals surface area contributed by atoms with E-state index >= 15 is 0 Å². The first-order valence-electron chi connectivity index (χ1n) is 8.12. The van der Waals surface area contributed by atoms with Crippen LogP contribution in [0.3, 0.4) is 0 Å². The summed E-state index contributed by atoms with van der Waals surface area (Å²) in [6.45, 7) is 0. The first-order chi connectivity index (χ1) is 11.7. The average molecular weight is 330 g/mol. The molecule has 2 aromatic rings. The van der Waals surface area contributed by atoms with Crippen LogP contribution in [-0.4, -0.2) is 39.9 Å². The van der Waals surface area contributed by atoms with Crippen LogP contribution in [0.2, 0.25) is 0 Å². The second kappa shape index (κ2) is 7.33. The molecule has 128 valence electrons. The van der Waals surface area contributed by atoms with E-state index in [-0.39, 0.29) is 18.1 Å². The zero-order valence-electron chi connectivity index (χ0n) is 13.9. The van der Waals surface area contributed by atoms with Crippen molar-refractivity contribution in [3.05, 3.63) is 36.2 Å². The maximum atomic E-state index is 12.4. The molecule has 0 aromatic carbocycles. The molecule has 1 aliphatic carbocycles. The highest BCUT2D eigenvalue weighted by Crippen LogP contribution is 2.23. The number of nitrogens with zero attached hydrogens (tertiary/aromatic N) is 3. The summed E-state index contributed by atoms with van der Waals surface area (Å²) in [7, 11) is 3.28. The summed E-state index contributed by atoms with van der Waals surface area (Å²) in [6, 6.07) is 5.79. The molecule has 0 unspecified atom stereocenters. The van der Waals surface area contributed by atoms with Crippen molar-refractivity contribution in [1.29, 1.82) is 0 Å². The second-order valence-corrected chi connectivity index (χ2v) is 5.96. The number of amides is 1. The van der Waals surface area contributed by atoms with Crippen molar-refractivity contribution in [2.24, 2.45) is 7.05 Å². The number of ether oxygens (including phenoxy) is 2. The molecule has 0 saturated heterocycles. The van der Waals surface area contributed by atoms with Gasteiger partial charge in [-0.3, -0.25) is 9.48 Å². The van der Waals surface area contributed by atoms with E-state index in [1.807, 2.05) is 18.2 Å². The molecule has 1 aliphatic rings. The molecule has 1 amide bonds. The van der Waals surface area contributed by atoms with Crippen LogP contribution in [-0.2, 0) is 7.05 Å². The van der Waals surface area contributed by atoms with E-state index in [1.54, 1.807) is 24.1 Å². The quantitative estimate of drug-likeness (QED) is 0.906. The van der Waals surface area contributed by atoms with Gasteiger partial charge in [-0.2, -0.15) is 0 Å². The summed E-state index contributed by atoms with van der Waals surface area (Å²) in [5.74, 6) is 0.862. The Balaban J connectivity index is 1.51. The van der Waals surface area contributed by atoms with Gasteiger partial charge in [0, 0.05) is 31.5 Å². The van der Waals surface area contributed by atoms with Gasteiger partial charge in [0.25, 0.3) is 5.91 Å². The fraction of sp³-hybridized carbons (Fsp3) is 0.471. The standard InChI is InChI=1S/C17H22N4O3/c1-21-11-14(17(20-21)23-2)16(22)19-12-6-8-13(9-7-12)24-15-5-3-4-10-18-15/h3-5,10-13H,6-9H2,1-2H3,(H,19,22). The van der Waals surface area contributed by atoms with Crippen molar-refractivity contribution < 1.29 is 14.3 Å². The van der Waals surface area contributed by atoms with E-state index in [4.69, 9.17) is 9.47 Å². The molecule has 7 nitrogen and oxygen atoms in total. The molecule has 0 radical (unpaired) electrons. The summed E-state index contributed by atoms with van der Waals surface area (Å²) >= 11 is 0. The predicted molar refractivity (Wildman–Crippen MR) is 88.1 cm³/mol. The topological polar surface area (TPSA) is 78.3 Å². The monoisotopic (exact) mass is 330 g/mol. The second-order valence-electron chi connectivity index (χ2n) is 5.96. The zero-order chi connectivity index (χ0) is 16.9. The number of methoxy groups -OCH3 is 1. The van der Waals surface area contributed by atoms with Crippen molar-refractivity contribution >= 4 is 5.91 Å². The van der Waals surface area contributed by atoms with Gasteiger partial charge in [0.05, 0.1) is 7.11 Å². The zero-order valence-corrected chi connectivity index (χ0v) is 13.9. The van der Waals surface area contributed by atoms with Crippen LogP contribution >= 0.6 is 0 Å². The molecule has 3 rings (SSSR count). The molecule has 7 heteroatoms. The van der Waals surface area contributed by atoms with Crippen molar-refractivity contribution in [3.8, 4) is 11.8 Å². The summed E-state index contributed by atoms with van der Waals surface area (Å²) < 4.78 is 12.6. The first kappa shape index (κ1) is 16.3. The van der Waals surface area contributed by atoms with Gasteiger partial charge in [0.1, 0.15) is 11.7 Å². The van der Waals surface area contributed by atoms with Crippen LogP contribution < -0.4 is 14.8 Å². The number of carbonyl (C=O) groups excluding carboxylic acids is 1. The third kappa shape index (κ3) is 3.84. The summed E-state index contributed by atoms with van der Waals surface area (Å²) in [6.07, 6.45) is 7.10. The Morgan fingerprint density at radius 1 is 1.29 bits per heavy atom. The number of pyridine rings is 1. The molecule has 1 N–H and O–H groups in total. The lowest BCUT2D eigenvalue weighted by molar-refractivity contribution is 0.0887. The number of nitrogens with one attached hydrogen (secondary N) is 1. The minimum atomic E-state index is -0.144. The van der Waals surface area contributed by atoms with E-state index in [0.29, 0.717) is 17.3 Å². The highest BCUT2D eigenvalue weighted by molar-refractivity contribution is 5.96. The number of aryl methyl sites for hydroxylation is 1. The van der Waals surface area contributed by atoms with Gasteiger partial charge in [0.15, 0.2) is 0 Å². The molecule has 24 heavy (non-hydrogen) atoms. The minimum Gasteiger partial charge on any atom is -0.479 e. The molecule has 0 atom stereocenters. The SMILES string of the molecule is COc1nn(C)cc1C(=O)NC1CCC(Oc2ccccn2)CC1. The molecule has 1 saturated carbocycles. The third-order valence-corrected chi connectivity index (χ3v) is 4.17. The van der Waals surface area contributed by atoms with Crippen molar-refractivity contribution in [1.82, 2.24) is 20.1 Å². The third-order valence-electron chi connectivity index (χ3n) is 4.17. The highest BCUT2D eigenvalue weighted by atomic mass is 16.5. The first-order valence-corrected chi connectivity index (χ1v) is 8.12. The lowest BCUT2D eigenvalue weighted by atomic mass is 9.93.